The van der Waals surface area contributed by atoms with Gasteiger partial charge in [-0.2, -0.15) is 0 Å². The Bertz CT molecular complexity index is 533. The highest BCUT2D eigenvalue weighted by atomic mass is 16.7. The van der Waals surface area contributed by atoms with Crippen molar-refractivity contribution in [2.45, 2.75) is 25.2 Å². The van der Waals surface area contributed by atoms with Gasteiger partial charge in [0.1, 0.15) is 5.92 Å². The fourth-order valence-corrected chi connectivity index (χ4v) is 2.45. The largest absolute Gasteiger partial charge is 0.480 e. The first-order chi connectivity index (χ1) is 9.16. The second kappa shape index (κ2) is 4.57. The van der Waals surface area contributed by atoms with Crippen molar-refractivity contribution in [2.24, 2.45) is 5.92 Å². The Morgan fingerprint density at radius 1 is 1.21 bits per heavy atom. The molecule has 5 heteroatoms. The first-order valence-corrected chi connectivity index (χ1v) is 6.33. The third-order valence-electron chi connectivity index (χ3n) is 3.77. The predicted molar refractivity (Wildman–Crippen MR) is 65.3 cm³/mol. The molecule has 0 spiro atoms. The first-order valence-electron chi connectivity index (χ1n) is 6.33. The van der Waals surface area contributed by atoms with Gasteiger partial charge in [0.2, 0.25) is 6.79 Å². The molecule has 19 heavy (non-hydrogen) atoms. The molecule has 1 fully saturated rings. The van der Waals surface area contributed by atoms with Crippen molar-refractivity contribution in [3.8, 4) is 11.5 Å². The molecule has 0 radical (unpaired) electrons. The van der Waals surface area contributed by atoms with Crippen molar-refractivity contribution in [3.05, 3.63) is 23.8 Å². The van der Waals surface area contributed by atoms with E-state index in [-0.39, 0.29) is 18.5 Å². The highest BCUT2D eigenvalue weighted by Gasteiger charge is 2.37. The molecule has 1 aromatic carbocycles. The van der Waals surface area contributed by atoms with Gasteiger partial charge < -0.3 is 14.6 Å². The van der Waals surface area contributed by atoms with Crippen molar-refractivity contribution in [1.29, 1.82) is 0 Å². The molecule has 0 amide bonds. The number of hydrogen-bond donors (Lipinski definition) is 1. The molecule has 100 valence electrons. The van der Waals surface area contributed by atoms with Crippen molar-refractivity contribution < 1.29 is 24.2 Å². The molecule has 1 unspecified atom stereocenters. The van der Waals surface area contributed by atoms with Gasteiger partial charge in [-0.25, -0.2) is 0 Å². The average molecular weight is 262 g/mol. The lowest BCUT2D eigenvalue weighted by atomic mass is 9.76. The van der Waals surface area contributed by atoms with Crippen molar-refractivity contribution in [3.63, 3.8) is 0 Å². The van der Waals surface area contributed by atoms with E-state index in [2.05, 4.69) is 0 Å². The highest BCUT2D eigenvalue weighted by molar-refractivity contribution is 6.05. The van der Waals surface area contributed by atoms with Crippen LogP contribution in [0.3, 0.4) is 0 Å². The summed E-state index contributed by atoms with van der Waals surface area (Å²) in [6, 6.07) is 4.88. The number of ether oxygens (including phenoxy) is 2. The van der Waals surface area contributed by atoms with E-state index in [9.17, 15) is 14.7 Å². The summed E-state index contributed by atoms with van der Waals surface area (Å²) in [7, 11) is 0. The molecular formula is C14H14O5. The van der Waals surface area contributed by atoms with E-state index in [1.54, 1.807) is 18.2 Å². The Kier molecular flexibility index (Phi) is 2.89. The first kappa shape index (κ1) is 12.0. The van der Waals surface area contributed by atoms with Gasteiger partial charge in [-0.3, -0.25) is 9.59 Å². The lowest BCUT2D eigenvalue weighted by Crippen LogP contribution is -2.31. The van der Waals surface area contributed by atoms with Crippen molar-refractivity contribution in [2.75, 3.05) is 6.79 Å². The molecule has 1 N–H and O–H groups in total. The maximum atomic E-state index is 12.2. The van der Waals surface area contributed by atoms with Crippen LogP contribution in [-0.4, -0.2) is 23.7 Å². The summed E-state index contributed by atoms with van der Waals surface area (Å²) in [5.74, 6) is -1.41. The molecular weight excluding hydrogens is 248 g/mol. The van der Waals surface area contributed by atoms with Gasteiger partial charge in [0, 0.05) is 5.92 Å². The van der Waals surface area contributed by atoms with Gasteiger partial charge in [-0.15, -0.1) is 0 Å². The SMILES string of the molecule is O=C(O)C(C(=O)C1CCC1)c1ccc2c(c1)OCO2. The minimum Gasteiger partial charge on any atom is -0.480 e. The molecule has 0 saturated heterocycles. The van der Waals surface area contributed by atoms with E-state index in [1.807, 2.05) is 0 Å². The third-order valence-corrected chi connectivity index (χ3v) is 3.77. The van der Waals surface area contributed by atoms with Crippen LogP contribution < -0.4 is 9.47 Å². The number of carbonyl (C=O) groups is 2. The standard InChI is InChI=1S/C14H14O5/c15-13(8-2-1-3-8)12(14(16)17)9-4-5-10-11(6-9)19-7-18-10/h4-6,8,12H,1-3,7H2,(H,16,17). The lowest BCUT2D eigenvalue weighted by Gasteiger charge is -2.26. The monoisotopic (exact) mass is 262 g/mol. The Morgan fingerprint density at radius 3 is 2.58 bits per heavy atom. The normalized spacial score (nSPS) is 18.7. The second-order valence-corrected chi connectivity index (χ2v) is 4.91. The van der Waals surface area contributed by atoms with Crippen LogP contribution in [-0.2, 0) is 9.59 Å². The van der Waals surface area contributed by atoms with Crippen LogP contribution in [0.4, 0.5) is 0 Å². The summed E-state index contributed by atoms with van der Waals surface area (Å²) in [5.41, 5.74) is 0.466. The van der Waals surface area contributed by atoms with Crippen LogP contribution >= 0.6 is 0 Å². The number of ketones is 1. The number of carboxylic acid groups (broad SMARTS) is 1. The number of Topliss-reactive ketones (excluding diaryl/α,β-unsaturated/α-hetero) is 1. The van der Waals surface area contributed by atoms with Crippen molar-refractivity contribution >= 4 is 11.8 Å². The number of rotatable bonds is 4. The quantitative estimate of drug-likeness (QED) is 0.839. The summed E-state index contributed by atoms with van der Waals surface area (Å²) >= 11 is 0. The van der Waals surface area contributed by atoms with E-state index >= 15 is 0 Å². The Hall–Kier alpha value is -2.04. The molecule has 0 aromatic heterocycles. The van der Waals surface area contributed by atoms with Gasteiger partial charge in [0.25, 0.3) is 0 Å². The molecule has 0 bridgehead atoms. The van der Waals surface area contributed by atoms with Crippen LogP contribution in [0.25, 0.3) is 0 Å². The van der Waals surface area contributed by atoms with Crippen LogP contribution in [0, 0.1) is 5.92 Å². The number of carbonyl (C=O) groups excluding carboxylic acids is 1. The molecule has 1 heterocycles. The van der Waals surface area contributed by atoms with Crippen LogP contribution in [0.5, 0.6) is 11.5 Å². The minimum absolute atomic E-state index is 0.105. The van der Waals surface area contributed by atoms with E-state index in [0.29, 0.717) is 17.1 Å². The maximum absolute atomic E-state index is 12.2. The Balaban J connectivity index is 1.91. The Labute approximate surface area is 110 Å². The molecule has 1 aliphatic carbocycles. The summed E-state index contributed by atoms with van der Waals surface area (Å²) in [6.07, 6.45) is 2.60. The third kappa shape index (κ3) is 2.05. The molecule has 3 rings (SSSR count). The fourth-order valence-electron chi connectivity index (χ4n) is 2.45. The van der Waals surface area contributed by atoms with Gasteiger partial charge in [0.05, 0.1) is 0 Å². The van der Waals surface area contributed by atoms with Crippen LogP contribution in [0.2, 0.25) is 0 Å². The van der Waals surface area contributed by atoms with Crippen LogP contribution in [0.1, 0.15) is 30.7 Å². The van der Waals surface area contributed by atoms with Gasteiger partial charge >= 0.3 is 5.97 Å². The molecule has 1 saturated carbocycles. The number of benzene rings is 1. The van der Waals surface area contributed by atoms with Crippen molar-refractivity contribution in [1.82, 2.24) is 0 Å². The predicted octanol–water partition coefficient (Wildman–Crippen LogP) is 1.95. The molecule has 1 atom stereocenters. The number of aliphatic carboxylic acids is 1. The maximum Gasteiger partial charge on any atom is 0.318 e. The van der Waals surface area contributed by atoms with Gasteiger partial charge in [0.15, 0.2) is 17.3 Å². The topological polar surface area (TPSA) is 72.8 Å². The minimum atomic E-state index is -1.10. The van der Waals surface area contributed by atoms with E-state index < -0.39 is 11.9 Å². The number of hydrogen-bond acceptors (Lipinski definition) is 4. The zero-order valence-electron chi connectivity index (χ0n) is 10.3. The number of carboxylic acids is 1. The average Bonchev–Trinajstić information content (AvgIpc) is 2.73. The van der Waals surface area contributed by atoms with E-state index in [4.69, 9.17) is 9.47 Å². The summed E-state index contributed by atoms with van der Waals surface area (Å²) in [5, 5.41) is 9.32. The summed E-state index contributed by atoms with van der Waals surface area (Å²) < 4.78 is 10.4. The van der Waals surface area contributed by atoms with E-state index in [1.165, 1.54) is 0 Å². The lowest BCUT2D eigenvalue weighted by molar-refractivity contribution is -0.144. The highest BCUT2D eigenvalue weighted by Crippen LogP contribution is 2.37. The van der Waals surface area contributed by atoms with E-state index in [0.717, 1.165) is 19.3 Å². The molecule has 1 aromatic rings. The smallest absolute Gasteiger partial charge is 0.318 e. The van der Waals surface area contributed by atoms with Crippen LogP contribution in [0.15, 0.2) is 18.2 Å². The zero-order valence-corrected chi connectivity index (χ0v) is 10.3. The second-order valence-electron chi connectivity index (χ2n) is 4.91. The summed E-state index contributed by atoms with van der Waals surface area (Å²) in [4.78, 5) is 23.6. The zero-order chi connectivity index (χ0) is 13.4. The molecule has 5 nitrogen and oxygen atoms in total. The Morgan fingerprint density at radius 2 is 1.95 bits per heavy atom. The molecule has 2 aliphatic rings. The number of fused-ring (bicyclic) bond motifs is 1. The van der Waals surface area contributed by atoms with Gasteiger partial charge in [-0.1, -0.05) is 12.5 Å². The summed E-state index contributed by atoms with van der Waals surface area (Å²) in [6.45, 7) is 0.132. The fraction of sp³-hybridized carbons (Fsp3) is 0.429. The van der Waals surface area contributed by atoms with Gasteiger partial charge in [-0.05, 0) is 30.5 Å². The molecule has 1 aliphatic heterocycles.